The van der Waals surface area contributed by atoms with Gasteiger partial charge in [-0.1, -0.05) is 13.8 Å². The Morgan fingerprint density at radius 2 is 2.17 bits per heavy atom. The Morgan fingerprint density at radius 1 is 1.50 bits per heavy atom. The van der Waals surface area contributed by atoms with Crippen molar-refractivity contribution in [1.82, 2.24) is 10.3 Å². The molecule has 0 unspecified atom stereocenters. The van der Waals surface area contributed by atoms with E-state index >= 15 is 0 Å². The zero-order valence-corrected chi connectivity index (χ0v) is 11.9. The molecule has 0 atom stereocenters. The number of nitrogens with zero attached hydrogens (tertiary/aromatic N) is 1. The molecule has 2 N–H and O–H groups in total. The lowest BCUT2D eigenvalue weighted by Crippen LogP contribution is -2.42. The van der Waals surface area contributed by atoms with E-state index in [0.29, 0.717) is 23.4 Å². The molecule has 18 heavy (non-hydrogen) atoms. The third-order valence-electron chi connectivity index (χ3n) is 3.10. The summed E-state index contributed by atoms with van der Waals surface area (Å²) in [7, 11) is 0. The van der Waals surface area contributed by atoms with Gasteiger partial charge in [-0.15, -0.1) is 11.8 Å². The summed E-state index contributed by atoms with van der Waals surface area (Å²) in [5, 5.41) is 13.6. The Labute approximate surface area is 112 Å². The van der Waals surface area contributed by atoms with E-state index in [0.717, 1.165) is 0 Å². The van der Waals surface area contributed by atoms with Crippen molar-refractivity contribution in [3.63, 3.8) is 0 Å². The lowest BCUT2D eigenvalue weighted by atomic mass is 9.97. The third-order valence-corrected chi connectivity index (χ3v) is 3.82. The number of hydrogen-bond donors (Lipinski definition) is 2. The predicted molar refractivity (Wildman–Crippen MR) is 73.9 cm³/mol. The van der Waals surface area contributed by atoms with Crippen LogP contribution in [0.15, 0.2) is 23.4 Å². The van der Waals surface area contributed by atoms with E-state index in [1.165, 1.54) is 11.8 Å². The van der Waals surface area contributed by atoms with E-state index in [2.05, 4.69) is 10.3 Å². The number of nitrogens with one attached hydrogen (secondary N) is 1. The Bertz CT molecular complexity index is 406. The highest BCUT2D eigenvalue weighted by Crippen LogP contribution is 2.17. The molecule has 0 aliphatic carbocycles. The number of aliphatic hydroxyl groups is 1. The van der Waals surface area contributed by atoms with Gasteiger partial charge in [-0.05, 0) is 31.2 Å². The van der Waals surface area contributed by atoms with Gasteiger partial charge in [-0.25, -0.2) is 4.98 Å². The highest BCUT2D eigenvalue weighted by molar-refractivity contribution is 7.98. The van der Waals surface area contributed by atoms with E-state index in [-0.39, 0.29) is 12.5 Å². The number of hydrogen-bond acceptors (Lipinski definition) is 4. The number of pyridine rings is 1. The van der Waals surface area contributed by atoms with E-state index in [9.17, 15) is 9.90 Å². The maximum atomic E-state index is 12.0. The van der Waals surface area contributed by atoms with E-state index in [4.69, 9.17) is 0 Å². The topological polar surface area (TPSA) is 62.2 Å². The number of rotatable bonds is 6. The van der Waals surface area contributed by atoms with Crippen LogP contribution in [-0.4, -0.2) is 34.4 Å². The van der Waals surface area contributed by atoms with Crippen LogP contribution in [0.2, 0.25) is 0 Å². The van der Waals surface area contributed by atoms with E-state index in [1.54, 1.807) is 18.3 Å². The maximum absolute atomic E-state index is 12.0. The molecule has 0 fully saturated rings. The predicted octanol–water partition coefficient (Wildman–Crippen LogP) is 2.08. The van der Waals surface area contributed by atoms with Crippen LogP contribution in [0.3, 0.4) is 0 Å². The molecule has 1 amide bonds. The first-order valence-electron chi connectivity index (χ1n) is 6.06. The molecule has 100 valence electrons. The smallest absolute Gasteiger partial charge is 0.254 e. The largest absolute Gasteiger partial charge is 0.388 e. The molecular formula is C13H20N2O2S. The highest BCUT2D eigenvalue weighted by atomic mass is 32.2. The molecule has 1 aromatic rings. The van der Waals surface area contributed by atoms with Crippen molar-refractivity contribution in [2.75, 3.05) is 12.8 Å². The summed E-state index contributed by atoms with van der Waals surface area (Å²) < 4.78 is 0. The van der Waals surface area contributed by atoms with Gasteiger partial charge in [0.2, 0.25) is 0 Å². The normalized spacial score (nSPS) is 11.3. The summed E-state index contributed by atoms with van der Waals surface area (Å²) in [6, 6.07) is 3.48. The van der Waals surface area contributed by atoms with Crippen LogP contribution in [0.5, 0.6) is 0 Å². The molecule has 4 nitrogen and oxygen atoms in total. The third kappa shape index (κ3) is 3.71. The van der Waals surface area contributed by atoms with Gasteiger partial charge in [-0.3, -0.25) is 4.79 Å². The fourth-order valence-corrected chi connectivity index (χ4v) is 2.11. The average Bonchev–Trinajstić information content (AvgIpc) is 2.44. The van der Waals surface area contributed by atoms with Crippen molar-refractivity contribution in [3.8, 4) is 0 Å². The van der Waals surface area contributed by atoms with Crippen LogP contribution in [0, 0.1) is 0 Å². The summed E-state index contributed by atoms with van der Waals surface area (Å²) in [5.41, 5.74) is -0.267. The van der Waals surface area contributed by atoms with Crippen molar-refractivity contribution in [1.29, 1.82) is 0 Å². The zero-order valence-electron chi connectivity index (χ0n) is 11.1. The molecule has 0 radical (unpaired) electrons. The first-order chi connectivity index (χ1) is 8.56. The summed E-state index contributed by atoms with van der Waals surface area (Å²) >= 11 is 1.43. The molecule has 5 heteroatoms. The van der Waals surface area contributed by atoms with Crippen molar-refractivity contribution in [3.05, 3.63) is 23.9 Å². The standard InChI is InChI=1S/C13H20N2O2S/c1-4-13(17,5-2)9-15-11(16)10-7-6-8-14-12(10)18-3/h6-8,17H,4-5,9H2,1-3H3,(H,15,16). The first kappa shape index (κ1) is 15.0. The van der Waals surface area contributed by atoms with Crippen molar-refractivity contribution in [2.45, 2.75) is 37.3 Å². The number of carbonyl (C=O) groups excluding carboxylic acids is 1. The fraction of sp³-hybridized carbons (Fsp3) is 0.538. The number of amides is 1. The van der Waals surface area contributed by atoms with Gasteiger partial charge >= 0.3 is 0 Å². The second kappa shape index (κ2) is 6.75. The molecule has 1 heterocycles. The van der Waals surface area contributed by atoms with Gasteiger partial charge in [0.15, 0.2) is 0 Å². The second-order valence-electron chi connectivity index (χ2n) is 4.17. The number of carbonyl (C=O) groups is 1. The minimum Gasteiger partial charge on any atom is -0.388 e. The minimum atomic E-state index is -0.822. The Balaban J connectivity index is 2.71. The van der Waals surface area contributed by atoms with Crippen LogP contribution in [0.1, 0.15) is 37.0 Å². The monoisotopic (exact) mass is 268 g/mol. The Kier molecular flexibility index (Phi) is 5.62. The molecule has 0 aliphatic rings. The second-order valence-corrected chi connectivity index (χ2v) is 4.97. The van der Waals surface area contributed by atoms with Gasteiger partial charge in [-0.2, -0.15) is 0 Å². The average molecular weight is 268 g/mol. The molecule has 0 bridgehead atoms. The fourth-order valence-electron chi connectivity index (χ4n) is 1.57. The molecule has 0 aromatic carbocycles. The summed E-state index contributed by atoms with van der Waals surface area (Å²) in [4.78, 5) is 16.2. The lowest BCUT2D eigenvalue weighted by Gasteiger charge is -2.25. The van der Waals surface area contributed by atoms with E-state index < -0.39 is 5.60 Å². The summed E-state index contributed by atoms with van der Waals surface area (Å²) in [5.74, 6) is -0.187. The van der Waals surface area contributed by atoms with Gasteiger partial charge in [0.05, 0.1) is 11.2 Å². The zero-order chi connectivity index (χ0) is 13.6. The molecule has 1 rings (SSSR count). The summed E-state index contributed by atoms with van der Waals surface area (Å²) in [6.45, 7) is 4.08. The Hall–Kier alpha value is -1.07. The van der Waals surface area contributed by atoms with Crippen LogP contribution < -0.4 is 5.32 Å². The van der Waals surface area contributed by atoms with E-state index in [1.807, 2.05) is 20.1 Å². The molecule has 0 saturated heterocycles. The molecule has 0 spiro atoms. The van der Waals surface area contributed by atoms with Crippen molar-refractivity contribution >= 4 is 17.7 Å². The minimum absolute atomic E-state index is 0.187. The molecule has 0 aliphatic heterocycles. The van der Waals surface area contributed by atoms with Gasteiger partial charge in [0.25, 0.3) is 5.91 Å². The lowest BCUT2D eigenvalue weighted by molar-refractivity contribution is 0.0313. The summed E-state index contributed by atoms with van der Waals surface area (Å²) in [6.07, 6.45) is 4.78. The molecular weight excluding hydrogens is 248 g/mol. The van der Waals surface area contributed by atoms with Gasteiger partial charge in [0.1, 0.15) is 5.03 Å². The van der Waals surface area contributed by atoms with Gasteiger partial charge < -0.3 is 10.4 Å². The van der Waals surface area contributed by atoms with Crippen LogP contribution in [-0.2, 0) is 0 Å². The van der Waals surface area contributed by atoms with Crippen LogP contribution in [0.25, 0.3) is 0 Å². The Morgan fingerprint density at radius 3 is 2.72 bits per heavy atom. The highest BCUT2D eigenvalue weighted by Gasteiger charge is 2.23. The molecule has 1 aromatic heterocycles. The number of aromatic nitrogens is 1. The SMILES string of the molecule is CCC(O)(CC)CNC(=O)c1cccnc1SC. The number of thioether (sulfide) groups is 1. The van der Waals surface area contributed by atoms with Crippen LogP contribution >= 0.6 is 11.8 Å². The first-order valence-corrected chi connectivity index (χ1v) is 7.28. The van der Waals surface area contributed by atoms with Crippen LogP contribution in [0.4, 0.5) is 0 Å². The molecule has 0 saturated carbocycles. The van der Waals surface area contributed by atoms with Crippen molar-refractivity contribution < 1.29 is 9.90 Å². The quantitative estimate of drug-likeness (QED) is 0.775. The maximum Gasteiger partial charge on any atom is 0.254 e. The van der Waals surface area contributed by atoms with Crippen molar-refractivity contribution in [2.24, 2.45) is 0 Å². The van der Waals surface area contributed by atoms with Gasteiger partial charge in [0, 0.05) is 12.7 Å².